The predicted octanol–water partition coefficient (Wildman–Crippen LogP) is 12.0. The number of furan rings is 1. The first kappa shape index (κ1) is 37.9. The van der Waals surface area contributed by atoms with Gasteiger partial charge in [0.05, 0.1) is 0 Å². The first-order chi connectivity index (χ1) is 23.0. The predicted molar refractivity (Wildman–Crippen MR) is 200 cm³/mol. The molecule has 6 aromatic rings. The average molecular weight is 834 g/mol. The number of aliphatic hydroxyl groups is 1. The van der Waals surface area contributed by atoms with Crippen molar-refractivity contribution in [2.24, 2.45) is 17.3 Å². The number of carbonyl (C=O) groups is 1. The maximum atomic E-state index is 12.1. The van der Waals surface area contributed by atoms with Gasteiger partial charge in [0.25, 0.3) is 0 Å². The van der Waals surface area contributed by atoms with E-state index in [2.05, 4.69) is 86.4 Å². The quantitative estimate of drug-likeness (QED) is 0.0892. The maximum absolute atomic E-state index is 12.1. The first-order valence-corrected chi connectivity index (χ1v) is 17.4. The van der Waals surface area contributed by atoms with Gasteiger partial charge in [-0.05, 0) is 61.3 Å². The van der Waals surface area contributed by atoms with Gasteiger partial charge in [0.2, 0.25) is 5.71 Å². The Balaban J connectivity index is 0.000000274. The molecule has 5 nitrogen and oxygen atoms in total. The molecule has 6 heteroatoms. The molecule has 0 aliphatic carbocycles. The van der Waals surface area contributed by atoms with Crippen LogP contribution in [0.2, 0.25) is 0 Å². The molecule has 259 valence electrons. The van der Waals surface area contributed by atoms with E-state index in [1.807, 2.05) is 39.8 Å². The molecule has 0 unspecified atom stereocenters. The summed E-state index contributed by atoms with van der Waals surface area (Å²) in [6.07, 6.45) is 6.07. The summed E-state index contributed by atoms with van der Waals surface area (Å²) in [6, 6.07) is 26.7. The topological polar surface area (TPSA) is 76.2 Å². The number of Topliss-reactive ketones (excluding diaryl/α,β-unsaturated/α-hetero) is 1. The zero-order valence-corrected chi connectivity index (χ0v) is 32.5. The molecule has 4 aromatic carbocycles. The summed E-state index contributed by atoms with van der Waals surface area (Å²) >= 11 is 0. The molecule has 2 heterocycles. The summed E-state index contributed by atoms with van der Waals surface area (Å²) in [5.74, 6) is 0.631. The van der Waals surface area contributed by atoms with E-state index >= 15 is 0 Å². The molecule has 1 N–H and O–H groups in total. The average Bonchev–Trinajstić information content (AvgIpc) is 3.48. The van der Waals surface area contributed by atoms with Gasteiger partial charge in [-0.1, -0.05) is 113 Å². The fourth-order valence-corrected chi connectivity index (χ4v) is 6.87. The molecular formula is C43H49IrN2O3-. The fraction of sp³-hybridized carbons (Fsp3) is 0.372. The monoisotopic (exact) mass is 834 g/mol. The molecule has 0 aliphatic rings. The molecule has 0 fully saturated rings. The van der Waals surface area contributed by atoms with Crippen LogP contribution in [-0.2, 0) is 31.3 Å². The molecule has 0 saturated heterocycles. The minimum absolute atomic E-state index is 0. The summed E-state index contributed by atoms with van der Waals surface area (Å²) in [6.45, 7) is 16.7. The van der Waals surface area contributed by atoms with Crippen molar-refractivity contribution in [3.63, 3.8) is 0 Å². The van der Waals surface area contributed by atoms with Crippen LogP contribution in [0.3, 0.4) is 0 Å². The second kappa shape index (κ2) is 16.2. The van der Waals surface area contributed by atoms with Gasteiger partial charge in [-0.25, -0.2) is 4.98 Å². The van der Waals surface area contributed by atoms with Crippen molar-refractivity contribution in [2.45, 2.75) is 87.5 Å². The minimum atomic E-state index is 0. The Bertz CT molecular complexity index is 2100. The van der Waals surface area contributed by atoms with Crippen LogP contribution in [0.15, 0.2) is 88.8 Å². The molecule has 0 atom stereocenters. The van der Waals surface area contributed by atoms with Crippen LogP contribution in [0.4, 0.5) is 0 Å². The van der Waals surface area contributed by atoms with Crippen LogP contribution < -0.4 is 0 Å². The van der Waals surface area contributed by atoms with E-state index in [-0.39, 0.29) is 43.1 Å². The third kappa shape index (κ3) is 7.97. The van der Waals surface area contributed by atoms with E-state index in [4.69, 9.17) is 9.40 Å². The SMILES string of the molecule is CC(C)(C)Cc1cccc2c(-c3ncnc4oc5ccc6ccccc6c5c34)[c-]ccc12.CCC(CC)C(=O)/C(C)=C(\O)C(CC)CC.[Ir]. The van der Waals surface area contributed by atoms with E-state index in [0.717, 1.165) is 70.5 Å². The number of aliphatic hydroxyl groups excluding tert-OH is 1. The molecule has 1 radical (unpaired) electrons. The number of hydrogen-bond donors (Lipinski definition) is 1. The Hall–Kier alpha value is -3.86. The van der Waals surface area contributed by atoms with E-state index in [9.17, 15) is 9.90 Å². The number of aromatic nitrogens is 2. The summed E-state index contributed by atoms with van der Waals surface area (Å²) in [7, 11) is 0. The van der Waals surface area contributed by atoms with Gasteiger partial charge in [0.1, 0.15) is 17.7 Å². The van der Waals surface area contributed by atoms with Crippen LogP contribution in [0.25, 0.3) is 54.9 Å². The van der Waals surface area contributed by atoms with Crippen molar-refractivity contribution < 1.29 is 34.4 Å². The van der Waals surface area contributed by atoms with Crippen molar-refractivity contribution in [1.29, 1.82) is 0 Å². The van der Waals surface area contributed by atoms with E-state index in [0.29, 0.717) is 17.0 Å². The van der Waals surface area contributed by atoms with Gasteiger partial charge in [-0.2, -0.15) is 0 Å². The van der Waals surface area contributed by atoms with Gasteiger partial charge >= 0.3 is 0 Å². The molecule has 0 saturated carbocycles. The van der Waals surface area contributed by atoms with Gasteiger partial charge in [-0.15, -0.1) is 23.8 Å². The van der Waals surface area contributed by atoms with Crippen LogP contribution in [0.1, 0.15) is 86.6 Å². The number of rotatable bonds is 9. The molecule has 0 amide bonds. The maximum Gasteiger partial charge on any atom is 0.221 e. The third-order valence-corrected chi connectivity index (χ3v) is 9.54. The number of carbonyl (C=O) groups excluding carboxylic acids is 1. The van der Waals surface area contributed by atoms with Crippen LogP contribution in [0.5, 0.6) is 0 Å². The van der Waals surface area contributed by atoms with Crippen molar-refractivity contribution in [3.05, 3.63) is 96.0 Å². The van der Waals surface area contributed by atoms with Gasteiger partial charge < -0.3 is 9.52 Å². The number of fused-ring (bicyclic) bond motifs is 6. The zero-order valence-electron chi connectivity index (χ0n) is 30.1. The molecular weight excluding hydrogens is 785 g/mol. The van der Waals surface area contributed by atoms with E-state index in [1.165, 1.54) is 16.3 Å². The summed E-state index contributed by atoms with van der Waals surface area (Å²) < 4.78 is 6.16. The summed E-state index contributed by atoms with van der Waals surface area (Å²) in [5.41, 5.74) is 5.41. The summed E-state index contributed by atoms with van der Waals surface area (Å²) in [4.78, 5) is 21.3. The largest absolute Gasteiger partial charge is 0.512 e. The molecule has 0 aliphatic heterocycles. The van der Waals surface area contributed by atoms with Crippen molar-refractivity contribution in [3.8, 4) is 11.3 Å². The fourth-order valence-electron chi connectivity index (χ4n) is 6.87. The Labute approximate surface area is 304 Å². The molecule has 0 bridgehead atoms. The molecule has 0 spiro atoms. The van der Waals surface area contributed by atoms with Crippen molar-refractivity contribution in [2.75, 3.05) is 0 Å². The van der Waals surface area contributed by atoms with Crippen molar-refractivity contribution >= 4 is 49.4 Å². The zero-order chi connectivity index (χ0) is 34.6. The summed E-state index contributed by atoms with van der Waals surface area (Å²) in [5, 5.41) is 16.8. The Morgan fingerprint density at radius 2 is 1.49 bits per heavy atom. The smallest absolute Gasteiger partial charge is 0.221 e. The number of hydrogen-bond acceptors (Lipinski definition) is 5. The Morgan fingerprint density at radius 1 is 0.816 bits per heavy atom. The first-order valence-electron chi connectivity index (χ1n) is 17.4. The van der Waals surface area contributed by atoms with Crippen LogP contribution in [-0.4, -0.2) is 20.9 Å². The Morgan fingerprint density at radius 3 is 2.16 bits per heavy atom. The van der Waals surface area contributed by atoms with Gasteiger partial charge in [-0.3, -0.25) is 9.78 Å². The number of ketones is 1. The van der Waals surface area contributed by atoms with E-state index < -0.39 is 0 Å². The van der Waals surface area contributed by atoms with Gasteiger partial charge in [0.15, 0.2) is 5.78 Å². The second-order valence-electron chi connectivity index (χ2n) is 14.0. The second-order valence-corrected chi connectivity index (χ2v) is 14.0. The normalized spacial score (nSPS) is 12.4. The third-order valence-electron chi connectivity index (χ3n) is 9.54. The Kier molecular flexibility index (Phi) is 12.6. The van der Waals surface area contributed by atoms with Crippen molar-refractivity contribution in [1.82, 2.24) is 9.97 Å². The minimum Gasteiger partial charge on any atom is -0.512 e. The number of allylic oxidation sites excluding steroid dienone is 2. The van der Waals surface area contributed by atoms with Crippen LogP contribution >= 0.6 is 0 Å². The van der Waals surface area contributed by atoms with E-state index in [1.54, 1.807) is 13.3 Å². The number of nitrogens with zero attached hydrogens (tertiary/aromatic N) is 2. The molecule has 2 aromatic heterocycles. The van der Waals surface area contributed by atoms with Gasteiger partial charge in [0, 0.05) is 54.0 Å². The van der Waals surface area contributed by atoms with Crippen LogP contribution in [0, 0.1) is 23.3 Å². The number of benzene rings is 4. The standard InChI is InChI=1S/C29H23N2O.C14H26O2.Ir/c1-29(2,3)16-19-9-6-12-22-20(19)11-7-13-23(22)27-26-25-21-10-5-4-8-18(21)14-15-24(25)32-28(26)31-17-30-27;1-6-11(7-2)13(15)10(5)14(16)12(8-3)9-4;/h4-12,14-15,17H,16H2,1-3H3;11-12,15H,6-9H2,1-5H3;/q-1;;/b;13-10-;. The molecule has 6 rings (SSSR count). The molecule has 49 heavy (non-hydrogen) atoms.